The van der Waals surface area contributed by atoms with Gasteiger partial charge in [-0.05, 0) is 22.0 Å². The van der Waals surface area contributed by atoms with Crippen LogP contribution in [0.3, 0.4) is 0 Å². The van der Waals surface area contributed by atoms with Gasteiger partial charge in [-0.1, -0.05) is 18.2 Å². The molecule has 1 atom stereocenters. The Hall–Kier alpha value is -0.840. The maximum atomic E-state index is 9.82. The van der Waals surface area contributed by atoms with Crippen LogP contribution in [0.2, 0.25) is 0 Å². The van der Waals surface area contributed by atoms with Crippen molar-refractivity contribution in [1.82, 2.24) is 4.57 Å². The van der Waals surface area contributed by atoms with Crippen LogP contribution in [0, 0.1) is 0 Å². The van der Waals surface area contributed by atoms with Crippen molar-refractivity contribution >= 4 is 26.8 Å². The van der Waals surface area contributed by atoms with E-state index in [-0.39, 0.29) is 6.54 Å². The van der Waals surface area contributed by atoms with Gasteiger partial charge in [0.2, 0.25) is 0 Å². The lowest BCUT2D eigenvalue weighted by Gasteiger charge is -2.10. The Labute approximate surface area is 96.6 Å². The van der Waals surface area contributed by atoms with Crippen molar-refractivity contribution in [1.29, 1.82) is 0 Å². The molecule has 80 valence electrons. The van der Waals surface area contributed by atoms with Gasteiger partial charge >= 0.3 is 0 Å². The second kappa shape index (κ2) is 3.96. The maximum absolute atomic E-state index is 9.82. The van der Waals surface area contributed by atoms with Gasteiger partial charge in [-0.2, -0.15) is 0 Å². The predicted molar refractivity (Wildman–Crippen MR) is 64.6 cm³/mol. The number of para-hydroxylation sites is 1. The number of fused-ring (bicyclic) bond motifs is 1. The lowest BCUT2D eigenvalue weighted by Crippen LogP contribution is -2.14. The number of aliphatic hydroxyl groups is 1. The molecule has 0 aliphatic heterocycles. The van der Waals surface area contributed by atoms with E-state index in [4.69, 9.17) is 5.73 Å². The molecule has 0 spiro atoms. The Kier molecular flexibility index (Phi) is 2.82. The van der Waals surface area contributed by atoms with Crippen molar-refractivity contribution in [3.8, 4) is 0 Å². The van der Waals surface area contributed by atoms with Crippen molar-refractivity contribution in [2.24, 2.45) is 12.8 Å². The molecule has 0 saturated carbocycles. The number of aromatic nitrogens is 1. The van der Waals surface area contributed by atoms with Gasteiger partial charge in [-0.25, -0.2) is 0 Å². The normalized spacial score (nSPS) is 13.3. The number of rotatable bonds is 2. The van der Waals surface area contributed by atoms with E-state index in [0.717, 1.165) is 21.1 Å². The van der Waals surface area contributed by atoms with Crippen LogP contribution in [-0.2, 0) is 7.05 Å². The van der Waals surface area contributed by atoms with E-state index < -0.39 is 6.10 Å². The summed E-state index contributed by atoms with van der Waals surface area (Å²) >= 11 is 3.51. The number of hydrogen-bond acceptors (Lipinski definition) is 2. The standard InChI is InChI=1S/C11H13BrN2O/c1-14-8-5-3-2-4-7(8)10(12)11(14)9(15)6-13/h2-5,9,15H,6,13H2,1H3/t9-/m0/s1. The molecular formula is C11H13BrN2O. The monoisotopic (exact) mass is 268 g/mol. The maximum Gasteiger partial charge on any atom is 0.107 e. The minimum Gasteiger partial charge on any atom is -0.386 e. The first-order valence-corrected chi connectivity index (χ1v) is 5.57. The van der Waals surface area contributed by atoms with Crippen LogP contribution in [0.1, 0.15) is 11.8 Å². The van der Waals surface area contributed by atoms with Gasteiger partial charge in [0.1, 0.15) is 6.10 Å². The molecule has 0 unspecified atom stereocenters. The first-order chi connectivity index (χ1) is 7.16. The number of aryl methyl sites for hydroxylation is 1. The Balaban J connectivity index is 2.75. The van der Waals surface area contributed by atoms with E-state index >= 15 is 0 Å². The molecule has 0 aliphatic rings. The predicted octanol–water partition coefficient (Wildman–Crippen LogP) is 1.93. The molecule has 2 aromatic rings. The van der Waals surface area contributed by atoms with Gasteiger partial charge in [-0.15, -0.1) is 0 Å². The summed E-state index contributed by atoms with van der Waals surface area (Å²) in [6.07, 6.45) is -0.628. The van der Waals surface area contributed by atoms with Crippen LogP contribution in [0.25, 0.3) is 10.9 Å². The average molecular weight is 269 g/mol. The third-order valence-electron chi connectivity index (χ3n) is 2.63. The molecule has 0 radical (unpaired) electrons. The fraction of sp³-hybridized carbons (Fsp3) is 0.273. The van der Waals surface area contributed by atoms with Crippen LogP contribution < -0.4 is 5.73 Å². The van der Waals surface area contributed by atoms with Crippen LogP contribution in [0.4, 0.5) is 0 Å². The number of benzene rings is 1. The van der Waals surface area contributed by atoms with E-state index in [9.17, 15) is 5.11 Å². The summed E-state index contributed by atoms with van der Waals surface area (Å²) in [6, 6.07) is 8.00. The summed E-state index contributed by atoms with van der Waals surface area (Å²) in [5.74, 6) is 0. The van der Waals surface area contributed by atoms with Crippen molar-refractivity contribution in [3.05, 3.63) is 34.4 Å². The van der Waals surface area contributed by atoms with Crippen LogP contribution in [-0.4, -0.2) is 16.2 Å². The fourth-order valence-electron chi connectivity index (χ4n) is 1.85. The molecule has 0 aliphatic carbocycles. The second-order valence-electron chi connectivity index (χ2n) is 3.53. The fourth-order valence-corrected chi connectivity index (χ4v) is 2.71. The van der Waals surface area contributed by atoms with E-state index in [1.807, 2.05) is 35.9 Å². The average Bonchev–Trinajstić information content (AvgIpc) is 2.52. The molecule has 0 saturated heterocycles. The lowest BCUT2D eigenvalue weighted by atomic mass is 10.2. The van der Waals surface area contributed by atoms with Gasteiger partial charge in [0.25, 0.3) is 0 Å². The molecule has 3 nitrogen and oxygen atoms in total. The highest BCUT2D eigenvalue weighted by atomic mass is 79.9. The van der Waals surface area contributed by atoms with Gasteiger partial charge in [-0.3, -0.25) is 0 Å². The molecule has 0 fully saturated rings. The minimum absolute atomic E-state index is 0.225. The third-order valence-corrected chi connectivity index (χ3v) is 3.46. The van der Waals surface area contributed by atoms with Gasteiger partial charge in [0.15, 0.2) is 0 Å². The SMILES string of the molecule is Cn1c([C@@H](O)CN)c(Br)c2ccccc21. The number of aliphatic hydroxyl groups excluding tert-OH is 1. The summed E-state index contributed by atoms with van der Waals surface area (Å²) in [5, 5.41) is 10.9. The Bertz CT molecular complexity index is 454. The number of nitrogens with two attached hydrogens (primary N) is 1. The van der Waals surface area contributed by atoms with Crippen molar-refractivity contribution < 1.29 is 5.11 Å². The summed E-state index contributed by atoms with van der Waals surface area (Å²) < 4.78 is 2.90. The van der Waals surface area contributed by atoms with Crippen molar-refractivity contribution in [3.63, 3.8) is 0 Å². The molecule has 1 heterocycles. The summed E-state index contributed by atoms with van der Waals surface area (Å²) in [7, 11) is 1.93. The van der Waals surface area contributed by atoms with Gasteiger partial charge in [0.05, 0.1) is 5.69 Å². The van der Waals surface area contributed by atoms with E-state index in [2.05, 4.69) is 15.9 Å². The number of halogens is 1. The highest BCUT2D eigenvalue weighted by Gasteiger charge is 2.17. The Morgan fingerprint density at radius 1 is 1.47 bits per heavy atom. The zero-order valence-corrected chi connectivity index (χ0v) is 10.0. The molecule has 1 aromatic heterocycles. The molecular weight excluding hydrogens is 256 g/mol. The summed E-state index contributed by atoms with van der Waals surface area (Å²) in [6.45, 7) is 0.225. The molecule has 0 amide bonds. The highest BCUT2D eigenvalue weighted by molar-refractivity contribution is 9.10. The summed E-state index contributed by atoms with van der Waals surface area (Å²) in [4.78, 5) is 0. The number of nitrogens with zero attached hydrogens (tertiary/aromatic N) is 1. The summed E-state index contributed by atoms with van der Waals surface area (Å²) in [5.41, 5.74) is 7.40. The quantitative estimate of drug-likeness (QED) is 0.875. The van der Waals surface area contributed by atoms with Gasteiger partial charge in [0, 0.05) is 29.0 Å². The highest BCUT2D eigenvalue weighted by Crippen LogP contribution is 2.33. The number of hydrogen-bond donors (Lipinski definition) is 2. The van der Waals surface area contributed by atoms with Crippen molar-refractivity contribution in [2.75, 3.05) is 6.54 Å². The largest absolute Gasteiger partial charge is 0.386 e. The molecule has 1 aromatic carbocycles. The van der Waals surface area contributed by atoms with Crippen LogP contribution in [0.15, 0.2) is 28.7 Å². The van der Waals surface area contributed by atoms with E-state index in [0.29, 0.717) is 0 Å². The zero-order chi connectivity index (χ0) is 11.0. The van der Waals surface area contributed by atoms with E-state index in [1.54, 1.807) is 0 Å². The Morgan fingerprint density at radius 3 is 2.73 bits per heavy atom. The molecule has 15 heavy (non-hydrogen) atoms. The third kappa shape index (κ3) is 1.58. The van der Waals surface area contributed by atoms with Crippen molar-refractivity contribution in [2.45, 2.75) is 6.10 Å². The lowest BCUT2D eigenvalue weighted by molar-refractivity contribution is 0.178. The molecule has 3 N–H and O–H groups in total. The first-order valence-electron chi connectivity index (χ1n) is 4.77. The van der Waals surface area contributed by atoms with Crippen LogP contribution in [0.5, 0.6) is 0 Å². The zero-order valence-electron chi connectivity index (χ0n) is 8.44. The Morgan fingerprint density at radius 2 is 2.13 bits per heavy atom. The minimum atomic E-state index is -0.628. The molecule has 0 bridgehead atoms. The topological polar surface area (TPSA) is 51.2 Å². The second-order valence-corrected chi connectivity index (χ2v) is 4.32. The van der Waals surface area contributed by atoms with Crippen LogP contribution >= 0.6 is 15.9 Å². The van der Waals surface area contributed by atoms with E-state index in [1.165, 1.54) is 0 Å². The first kappa shape index (κ1) is 10.7. The smallest absolute Gasteiger partial charge is 0.107 e. The molecule has 4 heteroatoms. The molecule has 2 rings (SSSR count). The van der Waals surface area contributed by atoms with Gasteiger partial charge < -0.3 is 15.4 Å².